The molecular formula is C20H16N2O4S. The van der Waals surface area contributed by atoms with Crippen molar-refractivity contribution in [1.29, 1.82) is 0 Å². The molecule has 0 saturated carbocycles. The third-order valence-corrected chi connectivity index (χ3v) is 5.56. The van der Waals surface area contributed by atoms with E-state index in [2.05, 4.69) is 0 Å². The predicted molar refractivity (Wildman–Crippen MR) is 103 cm³/mol. The molecule has 3 aromatic rings. The lowest BCUT2D eigenvalue weighted by molar-refractivity contribution is -0.384. The van der Waals surface area contributed by atoms with Gasteiger partial charge in [0.15, 0.2) is 5.76 Å². The first-order valence-electron chi connectivity index (χ1n) is 8.47. The highest BCUT2D eigenvalue weighted by Crippen LogP contribution is 2.34. The van der Waals surface area contributed by atoms with Crippen LogP contribution < -0.4 is 4.90 Å². The van der Waals surface area contributed by atoms with Crippen molar-refractivity contribution in [3.8, 4) is 0 Å². The minimum absolute atomic E-state index is 0.0206. The summed E-state index contributed by atoms with van der Waals surface area (Å²) in [7, 11) is 0. The van der Waals surface area contributed by atoms with Gasteiger partial charge in [-0.25, -0.2) is 0 Å². The molecule has 7 heteroatoms. The fourth-order valence-electron chi connectivity index (χ4n) is 3.13. The number of benzene rings is 2. The molecule has 1 amide bonds. The van der Waals surface area contributed by atoms with E-state index in [0.717, 1.165) is 16.0 Å². The van der Waals surface area contributed by atoms with Crippen molar-refractivity contribution in [2.24, 2.45) is 0 Å². The number of hydrogen-bond donors (Lipinski definition) is 0. The van der Waals surface area contributed by atoms with Gasteiger partial charge >= 0.3 is 0 Å². The molecule has 0 atom stereocenters. The first-order valence-corrected chi connectivity index (χ1v) is 9.45. The molecule has 27 heavy (non-hydrogen) atoms. The topological polar surface area (TPSA) is 76.6 Å². The first-order chi connectivity index (χ1) is 13.1. The SMILES string of the molecule is O=C(c1occc1CSc1ccccc1)N1CCc2ccc([N+](=O)[O-])cc21. The molecule has 1 aromatic heterocycles. The molecule has 0 fully saturated rings. The van der Waals surface area contributed by atoms with Crippen molar-refractivity contribution in [3.05, 3.63) is 87.9 Å². The Hall–Kier alpha value is -3.06. The summed E-state index contributed by atoms with van der Waals surface area (Å²) >= 11 is 1.62. The number of anilines is 1. The summed E-state index contributed by atoms with van der Waals surface area (Å²) in [5.74, 6) is 0.637. The van der Waals surface area contributed by atoms with E-state index >= 15 is 0 Å². The van der Waals surface area contributed by atoms with E-state index in [-0.39, 0.29) is 17.4 Å². The first kappa shape index (κ1) is 17.4. The zero-order chi connectivity index (χ0) is 18.8. The Morgan fingerprint density at radius 1 is 1.19 bits per heavy atom. The van der Waals surface area contributed by atoms with Crippen LogP contribution in [0.2, 0.25) is 0 Å². The number of nitrogens with zero attached hydrogens (tertiary/aromatic N) is 2. The Bertz CT molecular complexity index is 1000. The van der Waals surface area contributed by atoms with Crippen LogP contribution in [0.4, 0.5) is 11.4 Å². The molecule has 2 heterocycles. The molecular weight excluding hydrogens is 364 g/mol. The molecule has 0 radical (unpaired) electrons. The molecule has 1 aliphatic rings. The fourth-order valence-corrected chi connectivity index (χ4v) is 4.03. The van der Waals surface area contributed by atoms with Crippen LogP contribution in [0, 0.1) is 10.1 Å². The zero-order valence-electron chi connectivity index (χ0n) is 14.3. The summed E-state index contributed by atoms with van der Waals surface area (Å²) in [5, 5.41) is 11.1. The minimum atomic E-state index is -0.448. The monoisotopic (exact) mass is 380 g/mol. The summed E-state index contributed by atoms with van der Waals surface area (Å²) in [6.45, 7) is 0.487. The second-order valence-corrected chi connectivity index (χ2v) is 7.20. The maximum absolute atomic E-state index is 13.0. The van der Waals surface area contributed by atoms with E-state index < -0.39 is 4.92 Å². The minimum Gasteiger partial charge on any atom is -0.459 e. The lowest BCUT2D eigenvalue weighted by atomic mass is 10.1. The van der Waals surface area contributed by atoms with E-state index in [1.807, 2.05) is 30.3 Å². The molecule has 0 aliphatic carbocycles. The van der Waals surface area contributed by atoms with Crippen LogP contribution in [-0.4, -0.2) is 17.4 Å². The Kier molecular flexibility index (Phi) is 4.68. The molecule has 0 spiro atoms. The molecule has 0 saturated heterocycles. The van der Waals surface area contributed by atoms with Gasteiger partial charge in [-0.15, -0.1) is 11.8 Å². The van der Waals surface area contributed by atoms with Crippen LogP contribution in [0.3, 0.4) is 0 Å². The summed E-state index contributed by atoms with van der Waals surface area (Å²) < 4.78 is 5.48. The Morgan fingerprint density at radius 2 is 2.00 bits per heavy atom. The van der Waals surface area contributed by atoms with Crippen molar-refractivity contribution < 1.29 is 14.1 Å². The summed E-state index contributed by atoms with van der Waals surface area (Å²) in [5.41, 5.74) is 2.31. The van der Waals surface area contributed by atoms with Gasteiger partial charge in [-0.2, -0.15) is 0 Å². The van der Waals surface area contributed by atoms with Crippen molar-refractivity contribution in [2.45, 2.75) is 17.1 Å². The maximum atomic E-state index is 13.0. The molecule has 136 valence electrons. The number of nitro groups is 1. The zero-order valence-corrected chi connectivity index (χ0v) is 15.1. The largest absolute Gasteiger partial charge is 0.459 e. The third kappa shape index (κ3) is 3.46. The maximum Gasteiger partial charge on any atom is 0.294 e. The Labute approximate surface area is 159 Å². The highest BCUT2D eigenvalue weighted by Gasteiger charge is 2.30. The number of carbonyl (C=O) groups is 1. The van der Waals surface area contributed by atoms with Crippen LogP contribution in [-0.2, 0) is 12.2 Å². The number of fused-ring (bicyclic) bond motifs is 1. The highest BCUT2D eigenvalue weighted by atomic mass is 32.2. The smallest absolute Gasteiger partial charge is 0.294 e. The van der Waals surface area contributed by atoms with Gasteiger partial charge in [0.1, 0.15) is 0 Å². The van der Waals surface area contributed by atoms with Gasteiger partial charge in [-0.05, 0) is 30.2 Å². The van der Waals surface area contributed by atoms with Crippen LogP contribution >= 0.6 is 11.8 Å². The highest BCUT2D eigenvalue weighted by molar-refractivity contribution is 7.98. The lowest BCUT2D eigenvalue weighted by Crippen LogP contribution is -2.29. The standard InChI is InChI=1S/C20H16N2O4S/c23-20(21-10-8-14-6-7-16(22(24)25)12-18(14)21)19-15(9-11-26-19)13-27-17-4-2-1-3-5-17/h1-7,9,11-12H,8,10,13H2. The Balaban J connectivity index is 1.56. The van der Waals surface area contributed by atoms with Crippen molar-refractivity contribution in [3.63, 3.8) is 0 Å². The average Bonchev–Trinajstić information content (AvgIpc) is 3.33. The van der Waals surface area contributed by atoms with E-state index in [1.165, 1.54) is 18.4 Å². The molecule has 2 aromatic carbocycles. The van der Waals surface area contributed by atoms with Gasteiger partial charge in [0.25, 0.3) is 11.6 Å². The number of rotatable bonds is 5. The molecule has 1 aliphatic heterocycles. The number of carbonyl (C=O) groups excluding carboxylic acids is 1. The number of thioether (sulfide) groups is 1. The van der Waals surface area contributed by atoms with E-state index in [4.69, 9.17) is 4.42 Å². The molecule has 6 nitrogen and oxygen atoms in total. The summed E-state index contributed by atoms with van der Waals surface area (Å²) in [6.07, 6.45) is 2.19. The van der Waals surface area contributed by atoms with Gasteiger partial charge in [-0.3, -0.25) is 14.9 Å². The van der Waals surface area contributed by atoms with Crippen LogP contribution in [0.25, 0.3) is 0 Å². The average molecular weight is 380 g/mol. The molecule has 0 unspecified atom stereocenters. The van der Waals surface area contributed by atoms with E-state index in [1.54, 1.807) is 28.8 Å². The second-order valence-electron chi connectivity index (χ2n) is 6.15. The summed E-state index contributed by atoms with van der Waals surface area (Å²) in [6, 6.07) is 16.4. The third-order valence-electron chi connectivity index (χ3n) is 4.50. The molecule has 0 bridgehead atoms. The molecule has 0 N–H and O–H groups in total. The van der Waals surface area contributed by atoms with Crippen molar-refractivity contribution >= 4 is 29.0 Å². The number of amides is 1. The number of non-ortho nitro benzene ring substituents is 1. The van der Waals surface area contributed by atoms with E-state index in [0.29, 0.717) is 24.4 Å². The van der Waals surface area contributed by atoms with Crippen molar-refractivity contribution in [1.82, 2.24) is 0 Å². The number of nitro benzene ring substituents is 1. The predicted octanol–water partition coefficient (Wildman–Crippen LogP) is 4.68. The van der Waals surface area contributed by atoms with Crippen LogP contribution in [0.5, 0.6) is 0 Å². The van der Waals surface area contributed by atoms with Crippen molar-refractivity contribution in [2.75, 3.05) is 11.4 Å². The Morgan fingerprint density at radius 3 is 2.78 bits per heavy atom. The second kappa shape index (κ2) is 7.28. The molecule has 4 rings (SSSR count). The lowest BCUT2D eigenvalue weighted by Gasteiger charge is -2.16. The number of furan rings is 1. The van der Waals surface area contributed by atoms with Gasteiger partial charge in [0.2, 0.25) is 0 Å². The van der Waals surface area contributed by atoms with Gasteiger partial charge in [-0.1, -0.05) is 24.3 Å². The fraction of sp³-hybridized carbons (Fsp3) is 0.150. The number of hydrogen-bond acceptors (Lipinski definition) is 5. The quantitative estimate of drug-likeness (QED) is 0.365. The normalized spacial score (nSPS) is 12.8. The summed E-state index contributed by atoms with van der Waals surface area (Å²) in [4.78, 5) is 26.3. The van der Waals surface area contributed by atoms with E-state index in [9.17, 15) is 14.9 Å². The van der Waals surface area contributed by atoms with Crippen LogP contribution in [0.1, 0.15) is 21.7 Å². The van der Waals surface area contributed by atoms with Gasteiger partial charge in [0, 0.05) is 34.9 Å². The van der Waals surface area contributed by atoms with Gasteiger partial charge in [0.05, 0.1) is 16.9 Å². The van der Waals surface area contributed by atoms with Crippen LogP contribution in [0.15, 0.2) is 70.2 Å². The van der Waals surface area contributed by atoms with Gasteiger partial charge < -0.3 is 9.32 Å².